The quantitative estimate of drug-likeness (QED) is 0.911. The van der Waals surface area contributed by atoms with Crippen molar-refractivity contribution < 1.29 is 4.79 Å². The second kappa shape index (κ2) is 5.94. The molecular weight excluding hydrogens is 250 g/mol. The van der Waals surface area contributed by atoms with Crippen LogP contribution < -0.4 is 5.73 Å². The highest BCUT2D eigenvalue weighted by atomic mass is 16.1. The van der Waals surface area contributed by atoms with Crippen molar-refractivity contribution in [3.05, 3.63) is 35.9 Å². The normalized spacial score (nSPS) is 25.3. The minimum atomic E-state index is -0.193. The lowest BCUT2D eigenvalue weighted by atomic mass is 10.2. The Morgan fingerprint density at radius 1 is 1.15 bits per heavy atom. The Kier molecular flexibility index (Phi) is 4.03. The van der Waals surface area contributed by atoms with Gasteiger partial charge in [0.15, 0.2) is 0 Å². The summed E-state index contributed by atoms with van der Waals surface area (Å²) in [4.78, 5) is 11.7. The number of rotatable bonds is 4. The first-order valence-electron chi connectivity index (χ1n) is 7.62. The summed E-state index contributed by atoms with van der Waals surface area (Å²) in [6, 6.07) is 10.8. The summed E-state index contributed by atoms with van der Waals surface area (Å²) < 4.78 is 0. The van der Waals surface area contributed by atoms with Crippen LogP contribution in [0.5, 0.6) is 0 Å². The molecule has 3 rings (SSSR count). The number of nitrogens with zero attached hydrogens (tertiary/aromatic N) is 2. The molecule has 108 valence electrons. The Labute approximate surface area is 120 Å². The Hall–Kier alpha value is -1.39. The molecule has 0 spiro atoms. The zero-order valence-corrected chi connectivity index (χ0v) is 11.9. The highest BCUT2D eigenvalue weighted by molar-refractivity contribution is 5.80. The van der Waals surface area contributed by atoms with E-state index in [1.807, 2.05) is 18.2 Å². The van der Waals surface area contributed by atoms with E-state index in [1.54, 1.807) is 0 Å². The lowest BCUT2D eigenvalue weighted by Gasteiger charge is -2.35. The topological polar surface area (TPSA) is 49.6 Å². The molecule has 4 nitrogen and oxygen atoms in total. The summed E-state index contributed by atoms with van der Waals surface area (Å²) in [6.07, 6.45) is 5.97. The first kappa shape index (κ1) is 13.6. The van der Waals surface area contributed by atoms with E-state index in [9.17, 15) is 4.79 Å². The van der Waals surface area contributed by atoms with E-state index in [2.05, 4.69) is 22.2 Å². The first-order valence-corrected chi connectivity index (χ1v) is 7.62. The van der Waals surface area contributed by atoms with Gasteiger partial charge >= 0.3 is 0 Å². The Morgan fingerprint density at radius 3 is 2.50 bits per heavy atom. The van der Waals surface area contributed by atoms with Gasteiger partial charge < -0.3 is 5.73 Å². The van der Waals surface area contributed by atoms with E-state index in [4.69, 9.17) is 5.73 Å². The van der Waals surface area contributed by atoms with Crippen molar-refractivity contribution >= 4 is 5.91 Å². The van der Waals surface area contributed by atoms with Crippen LogP contribution in [-0.4, -0.2) is 34.6 Å². The molecular formula is C16H23N3O. The number of benzene rings is 1. The van der Waals surface area contributed by atoms with Gasteiger partial charge in [-0.15, -0.1) is 0 Å². The van der Waals surface area contributed by atoms with Crippen LogP contribution in [0.3, 0.4) is 0 Å². The van der Waals surface area contributed by atoms with Crippen LogP contribution in [0.1, 0.15) is 37.7 Å². The van der Waals surface area contributed by atoms with Gasteiger partial charge in [-0.1, -0.05) is 43.2 Å². The number of amides is 1. The molecule has 2 N–H and O–H groups in total. The molecule has 1 heterocycles. The van der Waals surface area contributed by atoms with Gasteiger partial charge in [0.1, 0.15) is 6.04 Å². The summed E-state index contributed by atoms with van der Waals surface area (Å²) in [5.74, 6) is -0.193. The number of nitrogens with two attached hydrogens (primary N) is 1. The number of carbonyl (C=O) groups is 1. The van der Waals surface area contributed by atoms with Gasteiger partial charge in [-0.2, -0.15) is 0 Å². The molecule has 1 aromatic rings. The van der Waals surface area contributed by atoms with Gasteiger partial charge in [0, 0.05) is 19.1 Å². The minimum Gasteiger partial charge on any atom is -0.368 e. The molecule has 1 saturated carbocycles. The number of hydrogen-bond acceptors (Lipinski definition) is 3. The Balaban J connectivity index is 1.78. The molecule has 0 bridgehead atoms. The van der Waals surface area contributed by atoms with Crippen LogP contribution in [-0.2, 0) is 11.3 Å². The number of carbonyl (C=O) groups excluding carboxylic acids is 1. The van der Waals surface area contributed by atoms with Crippen molar-refractivity contribution in [2.24, 2.45) is 5.73 Å². The monoisotopic (exact) mass is 273 g/mol. The molecule has 1 amide bonds. The fourth-order valence-electron chi connectivity index (χ4n) is 3.57. The number of hydrazine groups is 1. The number of primary amides is 1. The van der Waals surface area contributed by atoms with Crippen LogP contribution in [0.4, 0.5) is 0 Å². The fourth-order valence-corrected chi connectivity index (χ4v) is 3.57. The molecule has 1 aliphatic heterocycles. The standard InChI is InChI=1S/C16H23N3O/c17-16(20)15-10-11-18(14-8-4-5-9-14)19(15)12-13-6-2-1-3-7-13/h1-3,6-7,14-15H,4-5,8-12H2,(H2,17,20). The van der Waals surface area contributed by atoms with Crippen molar-refractivity contribution in [2.45, 2.75) is 50.7 Å². The van der Waals surface area contributed by atoms with Crippen LogP contribution in [0.2, 0.25) is 0 Å². The predicted molar refractivity (Wildman–Crippen MR) is 78.5 cm³/mol. The number of hydrogen-bond donors (Lipinski definition) is 1. The maximum Gasteiger partial charge on any atom is 0.236 e. The molecule has 1 unspecified atom stereocenters. The molecule has 2 fully saturated rings. The van der Waals surface area contributed by atoms with Crippen molar-refractivity contribution in [3.8, 4) is 0 Å². The molecule has 20 heavy (non-hydrogen) atoms. The summed E-state index contributed by atoms with van der Waals surface area (Å²) in [5.41, 5.74) is 6.83. The second-order valence-electron chi connectivity index (χ2n) is 5.89. The second-order valence-corrected chi connectivity index (χ2v) is 5.89. The van der Waals surface area contributed by atoms with E-state index in [0.717, 1.165) is 19.5 Å². The van der Waals surface area contributed by atoms with E-state index >= 15 is 0 Å². The smallest absolute Gasteiger partial charge is 0.236 e. The summed E-state index contributed by atoms with van der Waals surface area (Å²) in [7, 11) is 0. The average molecular weight is 273 g/mol. The highest BCUT2D eigenvalue weighted by Gasteiger charge is 2.39. The van der Waals surface area contributed by atoms with Crippen LogP contribution in [0.15, 0.2) is 30.3 Å². The van der Waals surface area contributed by atoms with E-state index in [-0.39, 0.29) is 11.9 Å². The van der Waals surface area contributed by atoms with E-state index < -0.39 is 0 Å². The zero-order valence-electron chi connectivity index (χ0n) is 11.9. The summed E-state index contributed by atoms with van der Waals surface area (Å²) in [6.45, 7) is 1.75. The van der Waals surface area contributed by atoms with Crippen LogP contribution in [0.25, 0.3) is 0 Å². The third-order valence-electron chi connectivity index (χ3n) is 4.58. The Bertz CT molecular complexity index is 456. The predicted octanol–water partition coefficient (Wildman–Crippen LogP) is 1.91. The first-order chi connectivity index (χ1) is 9.75. The van der Waals surface area contributed by atoms with Crippen LogP contribution >= 0.6 is 0 Å². The zero-order chi connectivity index (χ0) is 13.9. The molecule has 4 heteroatoms. The molecule has 0 aromatic heterocycles. The molecule has 1 atom stereocenters. The van der Waals surface area contributed by atoms with Gasteiger partial charge in [0.05, 0.1) is 0 Å². The van der Waals surface area contributed by atoms with Crippen molar-refractivity contribution in [1.29, 1.82) is 0 Å². The van der Waals surface area contributed by atoms with Gasteiger partial charge in [-0.25, -0.2) is 10.0 Å². The average Bonchev–Trinajstić information content (AvgIpc) is 3.08. The Morgan fingerprint density at radius 2 is 1.85 bits per heavy atom. The van der Waals surface area contributed by atoms with Gasteiger partial charge in [0.25, 0.3) is 0 Å². The molecule has 2 aliphatic rings. The highest BCUT2D eigenvalue weighted by Crippen LogP contribution is 2.31. The van der Waals surface area contributed by atoms with Crippen molar-refractivity contribution in [2.75, 3.05) is 6.54 Å². The SMILES string of the molecule is NC(=O)C1CCN(C2CCCC2)N1Cc1ccccc1. The molecule has 1 aromatic carbocycles. The van der Waals surface area contributed by atoms with E-state index in [0.29, 0.717) is 6.04 Å². The molecule has 1 saturated heterocycles. The largest absolute Gasteiger partial charge is 0.368 e. The maximum absolute atomic E-state index is 11.7. The van der Waals surface area contributed by atoms with Crippen molar-refractivity contribution in [3.63, 3.8) is 0 Å². The summed E-state index contributed by atoms with van der Waals surface area (Å²) in [5, 5.41) is 4.63. The van der Waals surface area contributed by atoms with Gasteiger partial charge in [-0.05, 0) is 24.8 Å². The van der Waals surface area contributed by atoms with Crippen molar-refractivity contribution in [1.82, 2.24) is 10.0 Å². The minimum absolute atomic E-state index is 0.143. The lowest BCUT2D eigenvalue weighted by molar-refractivity contribution is -0.129. The third-order valence-corrected chi connectivity index (χ3v) is 4.58. The summed E-state index contributed by atoms with van der Waals surface area (Å²) >= 11 is 0. The van der Waals surface area contributed by atoms with Gasteiger partial charge in [0.2, 0.25) is 5.91 Å². The lowest BCUT2D eigenvalue weighted by Crippen LogP contribution is -2.49. The molecule has 1 aliphatic carbocycles. The molecule has 0 radical (unpaired) electrons. The van der Waals surface area contributed by atoms with Gasteiger partial charge in [-0.3, -0.25) is 4.79 Å². The fraction of sp³-hybridized carbons (Fsp3) is 0.562. The third kappa shape index (κ3) is 2.72. The van der Waals surface area contributed by atoms with E-state index in [1.165, 1.54) is 31.2 Å². The van der Waals surface area contributed by atoms with Crippen LogP contribution in [0, 0.1) is 0 Å². The maximum atomic E-state index is 11.7.